The van der Waals surface area contributed by atoms with Gasteiger partial charge in [-0.15, -0.1) is 0 Å². The fourth-order valence-corrected chi connectivity index (χ4v) is 3.96. The lowest BCUT2D eigenvalue weighted by atomic mass is 10.2. The third-order valence-corrected chi connectivity index (χ3v) is 5.67. The minimum Gasteiger partial charge on any atom is -0.442 e. The summed E-state index contributed by atoms with van der Waals surface area (Å²) in [7, 11) is 0. The van der Waals surface area contributed by atoms with Crippen molar-refractivity contribution in [3.63, 3.8) is 0 Å². The molecule has 1 aromatic heterocycles. The molecule has 3 amide bonds. The van der Waals surface area contributed by atoms with E-state index in [1.165, 1.54) is 24.0 Å². The highest BCUT2D eigenvalue weighted by Crippen LogP contribution is 2.28. The van der Waals surface area contributed by atoms with Gasteiger partial charge in [-0.2, -0.15) is 0 Å². The van der Waals surface area contributed by atoms with Crippen LogP contribution >= 0.6 is 15.9 Å². The molecule has 2 fully saturated rings. The molecule has 1 atom stereocenters. The molecule has 2 aromatic rings. The molecule has 1 N–H and O–H groups in total. The van der Waals surface area contributed by atoms with Crippen LogP contribution in [0.2, 0.25) is 0 Å². The molecule has 2 aliphatic rings. The normalized spacial score (nSPS) is 18.7. The van der Waals surface area contributed by atoms with Crippen LogP contribution in [0.3, 0.4) is 0 Å². The maximum absolute atomic E-state index is 14.9. The number of carbonyl (C=O) groups excluding carboxylic acids is 3. The van der Waals surface area contributed by atoms with Gasteiger partial charge in [0.15, 0.2) is 0 Å². The first kappa shape index (κ1) is 22.1. The van der Waals surface area contributed by atoms with Gasteiger partial charge in [-0.3, -0.25) is 14.5 Å². The van der Waals surface area contributed by atoms with E-state index in [1.54, 1.807) is 17.0 Å². The number of anilines is 2. The van der Waals surface area contributed by atoms with Crippen LogP contribution in [-0.2, 0) is 9.53 Å². The summed E-state index contributed by atoms with van der Waals surface area (Å²) in [5, 5.41) is 6.26. The number of nitrogens with zero attached hydrogens (tertiary/aromatic N) is 4. The van der Waals surface area contributed by atoms with E-state index in [-0.39, 0.29) is 30.7 Å². The minimum absolute atomic E-state index is 0.148. The molecule has 10 nitrogen and oxygen atoms in total. The van der Waals surface area contributed by atoms with E-state index in [4.69, 9.17) is 9.26 Å². The van der Waals surface area contributed by atoms with Gasteiger partial charge < -0.3 is 24.4 Å². The maximum atomic E-state index is 14.9. The third-order valence-electron chi connectivity index (χ3n) is 5.30. The van der Waals surface area contributed by atoms with Gasteiger partial charge in [-0.25, -0.2) is 9.18 Å². The zero-order valence-corrected chi connectivity index (χ0v) is 18.8. The van der Waals surface area contributed by atoms with E-state index in [9.17, 15) is 18.8 Å². The van der Waals surface area contributed by atoms with Crippen molar-refractivity contribution < 1.29 is 28.0 Å². The molecule has 0 radical (unpaired) electrons. The molecule has 12 heteroatoms. The molecule has 0 saturated carbocycles. The van der Waals surface area contributed by atoms with E-state index >= 15 is 0 Å². The van der Waals surface area contributed by atoms with Gasteiger partial charge in [0.25, 0.3) is 5.91 Å². The zero-order valence-electron chi connectivity index (χ0n) is 17.2. The summed E-state index contributed by atoms with van der Waals surface area (Å²) >= 11 is 3.15. The largest absolute Gasteiger partial charge is 0.442 e. The highest BCUT2D eigenvalue weighted by atomic mass is 79.9. The van der Waals surface area contributed by atoms with Gasteiger partial charge >= 0.3 is 6.09 Å². The predicted molar refractivity (Wildman–Crippen MR) is 115 cm³/mol. The number of carbonyl (C=O) groups is 3. The van der Waals surface area contributed by atoms with Gasteiger partial charge in [0.05, 0.1) is 24.5 Å². The first-order valence-electron chi connectivity index (χ1n) is 10.0. The van der Waals surface area contributed by atoms with Crippen molar-refractivity contribution >= 4 is 45.2 Å². The molecule has 4 rings (SSSR count). The van der Waals surface area contributed by atoms with E-state index in [2.05, 4.69) is 26.4 Å². The van der Waals surface area contributed by atoms with Gasteiger partial charge in [0.2, 0.25) is 11.7 Å². The number of amides is 3. The Kier molecular flexibility index (Phi) is 6.31. The van der Waals surface area contributed by atoms with Crippen molar-refractivity contribution in [2.45, 2.75) is 13.0 Å². The van der Waals surface area contributed by atoms with Crippen LogP contribution in [0.5, 0.6) is 0 Å². The number of hydrogen-bond acceptors (Lipinski definition) is 7. The molecule has 0 unspecified atom stereocenters. The number of halogens is 2. The number of ether oxygens (including phenoxy) is 1. The van der Waals surface area contributed by atoms with Crippen molar-refractivity contribution in [2.75, 3.05) is 49.1 Å². The van der Waals surface area contributed by atoms with Crippen molar-refractivity contribution in [3.8, 4) is 0 Å². The summed E-state index contributed by atoms with van der Waals surface area (Å²) < 4.78 is 25.6. The molecule has 32 heavy (non-hydrogen) atoms. The quantitative estimate of drug-likeness (QED) is 0.656. The van der Waals surface area contributed by atoms with E-state index in [0.29, 0.717) is 42.2 Å². The Labute approximate surface area is 191 Å². The Bertz CT molecular complexity index is 1040. The average molecular weight is 510 g/mol. The number of cyclic esters (lactones) is 1. The third kappa shape index (κ3) is 4.69. The Balaban J connectivity index is 1.37. The molecule has 0 bridgehead atoms. The summed E-state index contributed by atoms with van der Waals surface area (Å²) in [4.78, 5) is 40.5. The van der Waals surface area contributed by atoms with Crippen LogP contribution in [0.25, 0.3) is 0 Å². The van der Waals surface area contributed by atoms with Crippen molar-refractivity contribution in [2.24, 2.45) is 0 Å². The van der Waals surface area contributed by atoms with Crippen molar-refractivity contribution in [1.29, 1.82) is 0 Å². The molecular formula is C20H21BrFN5O5. The summed E-state index contributed by atoms with van der Waals surface area (Å²) in [6, 6.07) is 6.08. The molecular weight excluding hydrogens is 489 g/mol. The zero-order chi connectivity index (χ0) is 22.8. The Hall–Kier alpha value is -3.15. The highest BCUT2D eigenvalue weighted by molar-refractivity contribution is 9.10. The monoisotopic (exact) mass is 509 g/mol. The minimum atomic E-state index is -0.585. The van der Waals surface area contributed by atoms with Crippen LogP contribution in [0, 0.1) is 5.82 Å². The lowest BCUT2D eigenvalue weighted by molar-refractivity contribution is -0.119. The molecule has 0 aliphatic carbocycles. The lowest BCUT2D eigenvalue weighted by Crippen LogP contribution is -2.49. The summed E-state index contributed by atoms with van der Waals surface area (Å²) in [6.07, 6.45) is -1.08. The lowest BCUT2D eigenvalue weighted by Gasteiger charge is -2.35. The van der Waals surface area contributed by atoms with E-state index in [0.717, 1.165) is 0 Å². The highest BCUT2D eigenvalue weighted by Gasteiger charge is 2.33. The topological polar surface area (TPSA) is 108 Å². The number of hydrogen-bond donors (Lipinski definition) is 1. The second-order valence-electron chi connectivity index (χ2n) is 7.48. The second kappa shape index (κ2) is 9.15. The van der Waals surface area contributed by atoms with Crippen molar-refractivity contribution in [1.82, 2.24) is 15.4 Å². The fourth-order valence-electron chi connectivity index (χ4n) is 3.68. The maximum Gasteiger partial charge on any atom is 0.414 e. The smallest absolute Gasteiger partial charge is 0.414 e. The summed E-state index contributed by atoms with van der Waals surface area (Å²) in [5.41, 5.74) is 0.775. The number of benzene rings is 1. The molecule has 1 aromatic carbocycles. The summed E-state index contributed by atoms with van der Waals surface area (Å²) in [6.45, 7) is 3.50. The number of nitrogens with one attached hydrogen (secondary N) is 1. The van der Waals surface area contributed by atoms with Crippen molar-refractivity contribution in [3.05, 3.63) is 40.4 Å². The van der Waals surface area contributed by atoms with Gasteiger partial charge in [0, 0.05) is 39.2 Å². The van der Waals surface area contributed by atoms with Gasteiger partial charge in [-0.1, -0.05) is 5.16 Å². The molecule has 2 saturated heterocycles. The second-order valence-corrected chi connectivity index (χ2v) is 8.29. The SMILES string of the molecule is CC(=O)NC[C@H]1CN(c2ccc(N3CCN(C(=O)c4cc(Br)no4)CC3)c(F)c2)C(=O)O1. The molecule has 170 valence electrons. The van der Waals surface area contributed by atoms with E-state index < -0.39 is 18.0 Å². The number of aromatic nitrogens is 1. The molecule has 3 heterocycles. The standard InChI is InChI=1S/C20H21BrFN5O5/c1-12(28)23-10-14-11-27(20(30)31-14)13-2-3-16(15(22)8-13)25-4-6-26(7-5-25)19(29)17-9-18(21)24-32-17/h2-3,8-9,14H,4-7,10-11H2,1H3,(H,23,28)/t14-/m0/s1. The summed E-state index contributed by atoms with van der Waals surface area (Å²) in [5.74, 6) is -0.805. The van der Waals surface area contributed by atoms with Gasteiger partial charge in [0.1, 0.15) is 16.5 Å². The number of piperazine rings is 1. The van der Waals surface area contributed by atoms with Gasteiger partial charge in [-0.05, 0) is 34.1 Å². The Morgan fingerprint density at radius 1 is 1.25 bits per heavy atom. The first-order chi connectivity index (χ1) is 15.3. The van der Waals surface area contributed by atoms with Crippen LogP contribution in [0.4, 0.5) is 20.6 Å². The Morgan fingerprint density at radius 2 is 2.00 bits per heavy atom. The molecule has 2 aliphatic heterocycles. The fraction of sp³-hybridized carbons (Fsp3) is 0.400. The Morgan fingerprint density at radius 3 is 2.62 bits per heavy atom. The van der Waals surface area contributed by atoms with E-state index in [1.807, 2.05) is 4.90 Å². The average Bonchev–Trinajstić information content (AvgIpc) is 3.37. The van der Waals surface area contributed by atoms with Crippen LogP contribution < -0.4 is 15.1 Å². The van der Waals surface area contributed by atoms with Crippen LogP contribution in [0.1, 0.15) is 17.5 Å². The van der Waals surface area contributed by atoms with Crippen LogP contribution in [-0.4, -0.2) is 73.3 Å². The first-order valence-corrected chi connectivity index (χ1v) is 10.8. The predicted octanol–water partition coefficient (Wildman–Crippen LogP) is 2.00. The van der Waals surface area contributed by atoms with Crippen LogP contribution in [0.15, 0.2) is 33.4 Å². The number of rotatable bonds is 5. The molecule has 0 spiro atoms.